The Morgan fingerprint density at radius 2 is 2.00 bits per heavy atom. The number of hydrogen-bond donors (Lipinski definition) is 0. The van der Waals surface area contributed by atoms with Crippen molar-refractivity contribution in [1.82, 2.24) is 4.98 Å². The lowest BCUT2D eigenvalue weighted by Gasteiger charge is -2.10. The van der Waals surface area contributed by atoms with Crippen molar-refractivity contribution in [3.8, 4) is 0 Å². The molecule has 0 aliphatic rings. The maximum atomic E-state index is 12.7. The molecule has 2 heterocycles. The van der Waals surface area contributed by atoms with E-state index in [2.05, 4.69) is 4.98 Å². The summed E-state index contributed by atoms with van der Waals surface area (Å²) in [5.74, 6) is -0.729. The van der Waals surface area contributed by atoms with E-state index in [9.17, 15) is 18.0 Å². The highest BCUT2D eigenvalue weighted by Gasteiger charge is 2.35. The van der Waals surface area contributed by atoms with E-state index in [0.717, 1.165) is 29.8 Å². The number of pyridine rings is 1. The molecule has 0 saturated carbocycles. The van der Waals surface area contributed by atoms with Gasteiger partial charge in [0.1, 0.15) is 0 Å². The number of carbonyl (C=O) groups excluding carboxylic acids is 1. The minimum Gasteiger partial charge on any atom is -0.288 e. The molecular weight excluding hydrogens is 287 g/mol. The van der Waals surface area contributed by atoms with Gasteiger partial charge in [-0.3, -0.25) is 9.78 Å². The Labute approximate surface area is 109 Å². The van der Waals surface area contributed by atoms with Crippen LogP contribution in [0.4, 0.5) is 13.2 Å². The van der Waals surface area contributed by atoms with E-state index in [-0.39, 0.29) is 4.88 Å². The summed E-state index contributed by atoms with van der Waals surface area (Å²) < 4.78 is 38.5. The van der Waals surface area contributed by atoms with Gasteiger partial charge >= 0.3 is 6.18 Å². The first-order valence-corrected chi connectivity index (χ1v) is 5.90. The summed E-state index contributed by atoms with van der Waals surface area (Å²) in [6, 6.07) is 3.63. The van der Waals surface area contributed by atoms with Gasteiger partial charge in [0.15, 0.2) is 0 Å². The van der Waals surface area contributed by atoms with Crippen LogP contribution in [0.25, 0.3) is 0 Å². The maximum absolute atomic E-state index is 12.7. The fraction of sp³-hybridized carbons (Fsp3) is 0.0909. The Bertz CT molecular complexity index is 594. The van der Waals surface area contributed by atoms with Gasteiger partial charge in [0.2, 0.25) is 5.78 Å². The van der Waals surface area contributed by atoms with Crippen LogP contribution in [0.1, 0.15) is 20.8 Å². The summed E-state index contributed by atoms with van der Waals surface area (Å²) in [5.41, 5.74) is -1.46. The molecule has 2 aromatic heterocycles. The molecule has 0 bridgehead atoms. The Kier molecular flexibility index (Phi) is 3.41. The molecule has 0 amide bonds. The second kappa shape index (κ2) is 4.70. The molecule has 7 heteroatoms. The molecule has 0 radical (unpaired) electrons. The number of rotatable bonds is 2. The summed E-state index contributed by atoms with van der Waals surface area (Å²) in [4.78, 5) is 15.7. The predicted octanol–water partition coefficient (Wildman–Crippen LogP) is 4.05. The van der Waals surface area contributed by atoms with Crippen LogP contribution in [0.5, 0.6) is 0 Å². The number of carbonyl (C=O) groups is 1. The van der Waals surface area contributed by atoms with Crippen LogP contribution in [-0.2, 0) is 6.18 Å². The molecule has 0 aliphatic heterocycles. The van der Waals surface area contributed by atoms with Crippen molar-refractivity contribution in [3.05, 3.63) is 50.9 Å². The van der Waals surface area contributed by atoms with E-state index in [0.29, 0.717) is 4.34 Å². The second-order valence-electron chi connectivity index (χ2n) is 3.35. The number of hydrogen-bond acceptors (Lipinski definition) is 3. The zero-order chi connectivity index (χ0) is 13.3. The van der Waals surface area contributed by atoms with Crippen molar-refractivity contribution >= 4 is 28.7 Å². The van der Waals surface area contributed by atoms with E-state index in [1.807, 2.05) is 0 Å². The third-order valence-electron chi connectivity index (χ3n) is 2.17. The van der Waals surface area contributed by atoms with E-state index in [1.165, 1.54) is 12.1 Å². The maximum Gasteiger partial charge on any atom is 0.417 e. The highest BCUT2D eigenvalue weighted by Crippen LogP contribution is 2.33. The zero-order valence-corrected chi connectivity index (χ0v) is 10.2. The lowest BCUT2D eigenvalue weighted by atomic mass is 10.1. The highest BCUT2D eigenvalue weighted by molar-refractivity contribution is 7.18. The van der Waals surface area contributed by atoms with Gasteiger partial charge in [0, 0.05) is 12.4 Å². The monoisotopic (exact) mass is 291 g/mol. The van der Waals surface area contributed by atoms with Crippen molar-refractivity contribution in [2.24, 2.45) is 0 Å². The number of alkyl halides is 3. The second-order valence-corrected chi connectivity index (χ2v) is 5.07. The molecule has 18 heavy (non-hydrogen) atoms. The van der Waals surface area contributed by atoms with Gasteiger partial charge in [0.05, 0.1) is 20.3 Å². The van der Waals surface area contributed by atoms with Crippen LogP contribution in [0, 0.1) is 0 Å². The van der Waals surface area contributed by atoms with Crippen molar-refractivity contribution in [3.63, 3.8) is 0 Å². The first-order chi connectivity index (χ1) is 8.39. The van der Waals surface area contributed by atoms with Gasteiger partial charge in [-0.05, 0) is 18.2 Å². The third-order valence-corrected chi connectivity index (χ3v) is 3.40. The first-order valence-electron chi connectivity index (χ1n) is 4.71. The van der Waals surface area contributed by atoms with Crippen LogP contribution in [-0.4, -0.2) is 10.8 Å². The fourth-order valence-electron chi connectivity index (χ4n) is 1.39. The molecule has 0 saturated heterocycles. The molecule has 2 rings (SSSR count). The molecule has 0 atom stereocenters. The smallest absolute Gasteiger partial charge is 0.288 e. The Balaban J connectivity index is 2.49. The summed E-state index contributed by atoms with van der Waals surface area (Å²) in [5, 5.41) is 0. The average Bonchev–Trinajstić information content (AvgIpc) is 2.74. The molecule has 0 fully saturated rings. The van der Waals surface area contributed by atoms with Crippen LogP contribution in [0.3, 0.4) is 0 Å². The zero-order valence-electron chi connectivity index (χ0n) is 8.66. The van der Waals surface area contributed by atoms with Gasteiger partial charge < -0.3 is 0 Å². The Hall–Kier alpha value is -1.40. The minimum absolute atomic E-state index is 0.151. The largest absolute Gasteiger partial charge is 0.417 e. The molecule has 0 aliphatic carbocycles. The van der Waals surface area contributed by atoms with Crippen molar-refractivity contribution < 1.29 is 18.0 Å². The van der Waals surface area contributed by atoms with Crippen molar-refractivity contribution in [2.75, 3.05) is 0 Å². The summed E-state index contributed by atoms with van der Waals surface area (Å²) >= 11 is 6.58. The first kappa shape index (κ1) is 13.0. The van der Waals surface area contributed by atoms with Crippen LogP contribution in [0.15, 0.2) is 30.6 Å². The summed E-state index contributed by atoms with van der Waals surface area (Å²) in [7, 11) is 0. The number of thiophene rings is 1. The number of aromatic nitrogens is 1. The predicted molar refractivity (Wildman–Crippen MR) is 62.0 cm³/mol. The van der Waals surface area contributed by atoms with Crippen molar-refractivity contribution in [2.45, 2.75) is 6.18 Å². The number of nitrogens with zero attached hydrogens (tertiary/aromatic N) is 1. The standard InChI is InChI=1S/C11H5ClF3NOS/c12-9-2-1-8(18-9)10(17)6-5-16-4-3-7(6)11(13,14)15/h1-5H. The molecule has 0 unspecified atom stereocenters. The molecule has 0 aromatic carbocycles. The molecule has 94 valence electrons. The highest BCUT2D eigenvalue weighted by atomic mass is 35.5. The Morgan fingerprint density at radius 3 is 2.56 bits per heavy atom. The van der Waals surface area contributed by atoms with Crippen molar-refractivity contribution in [1.29, 1.82) is 0 Å². The van der Waals surface area contributed by atoms with Crippen LogP contribution < -0.4 is 0 Å². The molecule has 2 nitrogen and oxygen atoms in total. The summed E-state index contributed by atoms with van der Waals surface area (Å²) in [6.07, 6.45) is -2.67. The quantitative estimate of drug-likeness (QED) is 0.782. The van der Waals surface area contributed by atoms with Crippen LogP contribution >= 0.6 is 22.9 Å². The fourth-order valence-corrected chi connectivity index (χ4v) is 2.39. The topological polar surface area (TPSA) is 30.0 Å². The van der Waals surface area contributed by atoms with E-state index >= 15 is 0 Å². The molecule has 2 aromatic rings. The molecule has 0 spiro atoms. The van der Waals surface area contributed by atoms with Crippen LogP contribution in [0.2, 0.25) is 4.34 Å². The van der Waals surface area contributed by atoms with E-state index in [4.69, 9.17) is 11.6 Å². The lowest BCUT2D eigenvalue weighted by Crippen LogP contribution is -2.13. The van der Waals surface area contributed by atoms with Gasteiger partial charge in [-0.15, -0.1) is 11.3 Å². The normalized spacial score (nSPS) is 11.6. The SMILES string of the molecule is O=C(c1ccc(Cl)s1)c1cnccc1C(F)(F)F. The summed E-state index contributed by atoms with van der Waals surface area (Å²) in [6.45, 7) is 0. The van der Waals surface area contributed by atoms with Gasteiger partial charge in [-0.2, -0.15) is 13.2 Å². The molecular formula is C11H5ClF3NOS. The third kappa shape index (κ3) is 2.54. The van der Waals surface area contributed by atoms with Gasteiger partial charge in [0.25, 0.3) is 0 Å². The average molecular weight is 292 g/mol. The van der Waals surface area contributed by atoms with Gasteiger partial charge in [-0.25, -0.2) is 0 Å². The number of ketones is 1. The van der Waals surface area contributed by atoms with Gasteiger partial charge in [-0.1, -0.05) is 11.6 Å². The minimum atomic E-state index is -4.59. The van der Waals surface area contributed by atoms with E-state index < -0.39 is 23.1 Å². The molecule has 0 N–H and O–H groups in total. The lowest BCUT2D eigenvalue weighted by molar-refractivity contribution is -0.137. The Morgan fingerprint density at radius 1 is 1.28 bits per heavy atom. The van der Waals surface area contributed by atoms with E-state index in [1.54, 1.807) is 0 Å². The number of halogens is 4.